The Morgan fingerprint density at radius 1 is 1.28 bits per heavy atom. The summed E-state index contributed by atoms with van der Waals surface area (Å²) in [6.07, 6.45) is 5.22. The quantitative estimate of drug-likeness (QED) is 0.687. The number of aromatic nitrogens is 2. The van der Waals surface area contributed by atoms with Crippen LogP contribution in [0, 0.1) is 12.7 Å². The Morgan fingerprint density at radius 3 is 2.83 bits per heavy atom. The van der Waals surface area contributed by atoms with Crippen LogP contribution in [0.1, 0.15) is 5.56 Å². The SMILES string of the molecule is Cc1cnn(-c2ccc(F)cc2-c2ccco2)c1. The van der Waals surface area contributed by atoms with Crippen molar-refractivity contribution in [2.45, 2.75) is 6.92 Å². The van der Waals surface area contributed by atoms with Crippen LogP contribution in [0.5, 0.6) is 0 Å². The standard InChI is InChI=1S/C14H11FN2O/c1-10-8-16-17(9-10)13-5-4-11(15)7-12(13)14-3-2-6-18-14/h2-9H,1H3. The van der Waals surface area contributed by atoms with Gasteiger partial charge in [-0.1, -0.05) is 0 Å². The molecular formula is C14H11FN2O. The Bertz CT molecular complexity index is 671. The first-order valence-electron chi connectivity index (χ1n) is 5.59. The Kier molecular flexibility index (Phi) is 2.48. The molecule has 0 unspecified atom stereocenters. The van der Waals surface area contributed by atoms with Crippen molar-refractivity contribution < 1.29 is 8.81 Å². The second kappa shape index (κ2) is 4.14. The van der Waals surface area contributed by atoms with E-state index in [9.17, 15) is 4.39 Å². The van der Waals surface area contributed by atoms with E-state index in [4.69, 9.17) is 4.42 Å². The highest BCUT2D eigenvalue weighted by Crippen LogP contribution is 2.27. The van der Waals surface area contributed by atoms with Gasteiger partial charge in [0.15, 0.2) is 0 Å². The molecule has 2 aromatic heterocycles. The van der Waals surface area contributed by atoms with Crippen molar-refractivity contribution in [3.05, 3.63) is 60.4 Å². The third-order valence-corrected chi connectivity index (χ3v) is 2.70. The maximum absolute atomic E-state index is 13.4. The van der Waals surface area contributed by atoms with Gasteiger partial charge in [-0.25, -0.2) is 9.07 Å². The number of hydrogen-bond acceptors (Lipinski definition) is 2. The molecule has 3 nitrogen and oxygen atoms in total. The van der Waals surface area contributed by atoms with Crippen molar-refractivity contribution in [3.8, 4) is 17.0 Å². The number of halogens is 1. The van der Waals surface area contributed by atoms with Gasteiger partial charge < -0.3 is 4.42 Å². The van der Waals surface area contributed by atoms with Gasteiger partial charge in [0.2, 0.25) is 0 Å². The molecule has 0 spiro atoms. The van der Waals surface area contributed by atoms with Crippen molar-refractivity contribution in [3.63, 3.8) is 0 Å². The predicted octanol–water partition coefficient (Wildman–Crippen LogP) is 3.58. The molecule has 0 aliphatic carbocycles. The molecule has 4 heteroatoms. The highest BCUT2D eigenvalue weighted by Gasteiger charge is 2.11. The minimum Gasteiger partial charge on any atom is -0.464 e. The maximum Gasteiger partial charge on any atom is 0.136 e. The van der Waals surface area contributed by atoms with Gasteiger partial charge in [0, 0.05) is 11.8 Å². The lowest BCUT2D eigenvalue weighted by Gasteiger charge is -2.07. The minimum absolute atomic E-state index is 0.297. The number of aryl methyl sites for hydroxylation is 1. The maximum atomic E-state index is 13.4. The molecule has 0 amide bonds. The number of rotatable bonds is 2. The third kappa shape index (κ3) is 1.82. The van der Waals surface area contributed by atoms with Crippen LogP contribution in [-0.4, -0.2) is 9.78 Å². The Morgan fingerprint density at radius 2 is 2.17 bits per heavy atom. The fraction of sp³-hybridized carbons (Fsp3) is 0.0714. The van der Waals surface area contributed by atoms with Crippen LogP contribution in [0.3, 0.4) is 0 Å². The smallest absolute Gasteiger partial charge is 0.136 e. The van der Waals surface area contributed by atoms with Crippen LogP contribution >= 0.6 is 0 Å². The van der Waals surface area contributed by atoms with Gasteiger partial charge in [0.05, 0.1) is 18.1 Å². The third-order valence-electron chi connectivity index (χ3n) is 2.70. The van der Waals surface area contributed by atoms with Gasteiger partial charge in [-0.05, 0) is 42.8 Å². The summed E-state index contributed by atoms with van der Waals surface area (Å²) in [7, 11) is 0. The summed E-state index contributed by atoms with van der Waals surface area (Å²) in [4.78, 5) is 0. The van der Waals surface area contributed by atoms with E-state index >= 15 is 0 Å². The number of hydrogen-bond donors (Lipinski definition) is 0. The average molecular weight is 242 g/mol. The molecule has 0 aliphatic heterocycles. The Labute approximate surface area is 103 Å². The van der Waals surface area contributed by atoms with Crippen molar-refractivity contribution in [1.82, 2.24) is 9.78 Å². The molecule has 0 saturated heterocycles. The van der Waals surface area contributed by atoms with Crippen LogP contribution in [0.15, 0.2) is 53.4 Å². The lowest BCUT2D eigenvalue weighted by atomic mass is 10.1. The van der Waals surface area contributed by atoms with E-state index in [1.807, 2.05) is 13.1 Å². The summed E-state index contributed by atoms with van der Waals surface area (Å²) in [5, 5.41) is 4.24. The highest BCUT2D eigenvalue weighted by atomic mass is 19.1. The number of benzene rings is 1. The lowest BCUT2D eigenvalue weighted by Crippen LogP contribution is -1.97. The number of nitrogens with zero attached hydrogens (tertiary/aromatic N) is 2. The minimum atomic E-state index is -0.297. The van der Waals surface area contributed by atoms with Crippen LogP contribution < -0.4 is 0 Å². The first-order valence-corrected chi connectivity index (χ1v) is 5.59. The Balaban J connectivity index is 2.20. The molecule has 0 radical (unpaired) electrons. The normalized spacial score (nSPS) is 10.8. The zero-order valence-electron chi connectivity index (χ0n) is 9.80. The fourth-order valence-electron chi connectivity index (χ4n) is 1.88. The number of furan rings is 1. The summed E-state index contributed by atoms with van der Waals surface area (Å²) in [6.45, 7) is 1.96. The van der Waals surface area contributed by atoms with Crippen molar-refractivity contribution in [2.24, 2.45) is 0 Å². The fourth-order valence-corrected chi connectivity index (χ4v) is 1.88. The van der Waals surface area contributed by atoms with E-state index in [0.717, 1.165) is 11.3 Å². The topological polar surface area (TPSA) is 31.0 Å². The molecule has 18 heavy (non-hydrogen) atoms. The van der Waals surface area contributed by atoms with Gasteiger partial charge in [-0.3, -0.25) is 0 Å². The molecule has 1 aromatic carbocycles. The van der Waals surface area contributed by atoms with E-state index < -0.39 is 0 Å². The second-order valence-electron chi connectivity index (χ2n) is 4.10. The second-order valence-corrected chi connectivity index (χ2v) is 4.10. The summed E-state index contributed by atoms with van der Waals surface area (Å²) in [6, 6.07) is 8.14. The average Bonchev–Trinajstić information content (AvgIpc) is 2.99. The molecule has 2 heterocycles. The summed E-state index contributed by atoms with van der Waals surface area (Å²) in [5.74, 6) is 0.326. The molecule has 0 aliphatic rings. The summed E-state index contributed by atoms with van der Waals surface area (Å²) >= 11 is 0. The molecule has 0 saturated carbocycles. The molecule has 3 aromatic rings. The molecule has 90 valence electrons. The van der Waals surface area contributed by atoms with Crippen molar-refractivity contribution in [2.75, 3.05) is 0 Å². The zero-order chi connectivity index (χ0) is 12.5. The van der Waals surface area contributed by atoms with E-state index in [1.165, 1.54) is 12.1 Å². The monoisotopic (exact) mass is 242 g/mol. The van der Waals surface area contributed by atoms with Gasteiger partial charge in [0.1, 0.15) is 11.6 Å². The van der Waals surface area contributed by atoms with Gasteiger partial charge in [-0.15, -0.1) is 0 Å². The zero-order valence-corrected chi connectivity index (χ0v) is 9.80. The molecule has 0 N–H and O–H groups in total. The highest BCUT2D eigenvalue weighted by molar-refractivity contribution is 5.68. The van der Waals surface area contributed by atoms with E-state index in [1.54, 1.807) is 35.3 Å². The van der Waals surface area contributed by atoms with Gasteiger partial charge in [-0.2, -0.15) is 5.10 Å². The van der Waals surface area contributed by atoms with Crippen LogP contribution in [0.4, 0.5) is 4.39 Å². The molecule has 0 bridgehead atoms. The first-order chi connectivity index (χ1) is 8.74. The van der Waals surface area contributed by atoms with Crippen molar-refractivity contribution in [1.29, 1.82) is 0 Å². The molecule has 0 atom stereocenters. The predicted molar refractivity (Wildman–Crippen MR) is 66.0 cm³/mol. The largest absolute Gasteiger partial charge is 0.464 e. The first kappa shape index (κ1) is 10.8. The summed E-state index contributed by atoms with van der Waals surface area (Å²) in [5.41, 5.74) is 2.52. The molecule has 0 fully saturated rings. The van der Waals surface area contributed by atoms with Crippen LogP contribution in [-0.2, 0) is 0 Å². The summed E-state index contributed by atoms with van der Waals surface area (Å²) < 4.78 is 20.4. The van der Waals surface area contributed by atoms with Gasteiger partial charge in [0.25, 0.3) is 0 Å². The van der Waals surface area contributed by atoms with Crippen LogP contribution in [0.25, 0.3) is 17.0 Å². The molecule has 3 rings (SSSR count). The van der Waals surface area contributed by atoms with Crippen molar-refractivity contribution >= 4 is 0 Å². The van der Waals surface area contributed by atoms with Crippen LogP contribution in [0.2, 0.25) is 0 Å². The lowest BCUT2D eigenvalue weighted by molar-refractivity contribution is 0.579. The van der Waals surface area contributed by atoms with E-state index in [-0.39, 0.29) is 5.82 Å². The van der Waals surface area contributed by atoms with E-state index in [0.29, 0.717) is 11.3 Å². The van der Waals surface area contributed by atoms with E-state index in [2.05, 4.69) is 5.10 Å². The Hall–Kier alpha value is -2.36. The van der Waals surface area contributed by atoms with Gasteiger partial charge >= 0.3 is 0 Å². The molecular weight excluding hydrogens is 231 g/mol.